The summed E-state index contributed by atoms with van der Waals surface area (Å²) in [6, 6.07) is 10.6. The predicted molar refractivity (Wildman–Crippen MR) is 171 cm³/mol. The van der Waals surface area contributed by atoms with Crippen molar-refractivity contribution in [1.29, 1.82) is 0 Å². The Morgan fingerprint density at radius 2 is 1.98 bits per heavy atom. The molecule has 1 aliphatic heterocycles. The molecule has 4 rings (SSSR count). The van der Waals surface area contributed by atoms with Gasteiger partial charge < -0.3 is 20.7 Å². The zero-order valence-electron chi connectivity index (χ0n) is 26.3. The van der Waals surface area contributed by atoms with Crippen LogP contribution in [0, 0.1) is 6.92 Å². The maximum Gasteiger partial charge on any atom is 0.421 e. The van der Waals surface area contributed by atoms with E-state index in [9.17, 15) is 22.2 Å². The van der Waals surface area contributed by atoms with Gasteiger partial charge in [0.1, 0.15) is 28.1 Å². The van der Waals surface area contributed by atoms with E-state index in [2.05, 4.69) is 44.7 Å². The van der Waals surface area contributed by atoms with E-state index in [0.29, 0.717) is 40.5 Å². The number of benzene rings is 2. The number of halogens is 3. The van der Waals surface area contributed by atoms with E-state index in [1.807, 2.05) is 19.1 Å². The first-order chi connectivity index (χ1) is 21.3. The minimum Gasteiger partial charge on any atom is -0.495 e. The van der Waals surface area contributed by atoms with Crippen LogP contribution in [0.15, 0.2) is 42.6 Å². The molecule has 1 aliphatic rings. The number of nitrogens with zero attached hydrogens (tertiary/aromatic N) is 4. The molecule has 3 aromatic rings. The summed E-state index contributed by atoms with van der Waals surface area (Å²) >= 11 is 0. The number of anilines is 4. The maximum atomic E-state index is 13.9. The van der Waals surface area contributed by atoms with Gasteiger partial charge in [0.15, 0.2) is 0 Å². The lowest BCUT2D eigenvalue weighted by Crippen LogP contribution is -2.49. The average Bonchev–Trinajstić information content (AvgIpc) is 2.99. The van der Waals surface area contributed by atoms with Crippen LogP contribution in [0.2, 0.25) is 0 Å². The molecule has 1 amide bonds. The van der Waals surface area contributed by atoms with Crippen LogP contribution < -0.4 is 25.0 Å². The molecule has 45 heavy (non-hydrogen) atoms. The largest absolute Gasteiger partial charge is 0.495 e. The Morgan fingerprint density at radius 1 is 1.22 bits per heavy atom. The van der Waals surface area contributed by atoms with E-state index in [1.165, 1.54) is 13.4 Å². The lowest BCUT2D eigenvalue weighted by Gasteiger charge is -2.35. The number of carbonyl (C=O) groups is 1. The third kappa shape index (κ3) is 8.63. The van der Waals surface area contributed by atoms with Gasteiger partial charge in [-0.15, -0.1) is 0 Å². The normalized spacial score (nSPS) is 16.3. The third-order valence-electron chi connectivity index (χ3n) is 7.73. The summed E-state index contributed by atoms with van der Waals surface area (Å²) in [5.41, 5.74) is 1.91. The number of ether oxygens (including phenoxy) is 1. The van der Waals surface area contributed by atoms with Gasteiger partial charge in [-0.05, 0) is 75.5 Å². The quantitative estimate of drug-likeness (QED) is 0.250. The van der Waals surface area contributed by atoms with Crippen molar-refractivity contribution in [3.8, 4) is 5.75 Å². The molecular weight excluding hydrogens is 607 g/mol. The molecule has 2 heterocycles. The van der Waals surface area contributed by atoms with Crippen LogP contribution >= 0.6 is 0 Å². The molecule has 1 aromatic heterocycles. The summed E-state index contributed by atoms with van der Waals surface area (Å²) in [4.78, 5) is 23.4. The van der Waals surface area contributed by atoms with Gasteiger partial charge in [0.05, 0.1) is 18.5 Å². The zero-order chi connectivity index (χ0) is 32.9. The number of likely N-dealkylation sites (tertiary alicyclic amines) is 1. The number of carbonyl (C=O) groups excluding carboxylic acids is 1. The van der Waals surface area contributed by atoms with Crippen LogP contribution in [-0.4, -0.2) is 70.6 Å². The van der Waals surface area contributed by atoms with Gasteiger partial charge >= 0.3 is 6.18 Å². The molecule has 1 fully saturated rings. The summed E-state index contributed by atoms with van der Waals surface area (Å²) in [6.07, 6.45) is -0.584. The molecule has 0 radical (unpaired) electrons. The average molecular weight is 648 g/mol. The topological polar surface area (TPSA) is 112 Å². The van der Waals surface area contributed by atoms with Crippen LogP contribution in [0.1, 0.15) is 53.7 Å². The van der Waals surface area contributed by atoms with Crippen molar-refractivity contribution in [2.75, 3.05) is 48.4 Å². The van der Waals surface area contributed by atoms with Crippen molar-refractivity contribution in [3.05, 3.63) is 64.8 Å². The molecule has 2 atom stereocenters. The SMILES string of the molecule is COc1cc(C(=O)N[C@@H]2CCCN(C(C)C)C2)ccc1Nc1ncc(C(F)(F)F)c(NCc2ccc(C)cc2N(C)S(C)=O)n1. The number of hydrogen-bond acceptors (Lipinski definition) is 8. The summed E-state index contributed by atoms with van der Waals surface area (Å²) in [6.45, 7) is 7.92. The third-order valence-corrected chi connectivity index (χ3v) is 8.70. The first kappa shape index (κ1) is 34.0. The summed E-state index contributed by atoms with van der Waals surface area (Å²) in [5.74, 6) is -0.466. The van der Waals surface area contributed by atoms with Crippen molar-refractivity contribution >= 4 is 40.0 Å². The van der Waals surface area contributed by atoms with Crippen LogP contribution in [0.4, 0.5) is 36.3 Å². The van der Waals surface area contributed by atoms with E-state index in [1.54, 1.807) is 35.6 Å². The lowest BCUT2D eigenvalue weighted by molar-refractivity contribution is -0.137. The fraction of sp³-hybridized carbons (Fsp3) is 0.452. The highest BCUT2D eigenvalue weighted by Gasteiger charge is 2.35. The van der Waals surface area contributed by atoms with Crippen molar-refractivity contribution in [1.82, 2.24) is 20.2 Å². The number of rotatable bonds is 11. The molecule has 0 bridgehead atoms. The van der Waals surface area contributed by atoms with Crippen molar-refractivity contribution < 1.29 is 26.9 Å². The number of piperidine rings is 1. The number of methoxy groups -OCH3 is 1. The lowest BCUT2D eigenvalue weighted by atomic mass is 10.0. The van der Waals surface area contributed by atoms with E-state index >= 15 is 0 Å². The molecule has 14 heteroatoms. The molecule has 10 nitrogen and oxygen atoms in total. The van der Waals surface area contributed by atoms with Crippen LogP contribution in [0.5, 0.6) is 5.75 Å². The Kier molecular flexibility index (Phi) is 10.9. The summed E-state index contributed by atoms with van der Waals surface area (Å²) < 4.78 is 60.9. The molecular formula is C31H40F3N7O3S. The molecule has 0 spiro atoms. The Labute approximate surface area is 264 Å². The molecule has 3 N–H and O–H groups in total. The molecule has 2 aromatic carbocycles. The Bertz CT molecular complexity index is 1540. The highest BCUT2D eigenvalue weighted by molar-refractivity contribution is 7.85. The summed E-state index contributed by atoms with van der Waals surface area (Å²) in [5, 5.41) is 8.81. The van der Waals surface area contributed by atoms with Gasteiger partial charge in [-0.3, -0.25) is 14.0 Å². The fourth-order valence-corrected chi connectivity index (χ4v) is 5.58. The van der Waals surface area contributed by atoms with E-state index in [4.69, 9.17) is 4.74 Å². The number of hydrogen-bond donors (Lipinski definition) is 3. The van der Waals surface area contributed by atoms with E-state index in [0.717, 1.165) is 31.5 Å². The van der Waals surface area contributed by atoms with Crippen molar-refractivity contribution in [3.63, 3.8) is 0 Å². The number of amides is 1. The smallest absolute Gasteiger partial charge is 0.421 e. The highest BCUT2D eigenvalue weighted by atomic mass is 32.2. The van der Waals surface area contributed by atoms with Crippen molar-refractivity contribution in [2.24, 2.45) is 0 Å². The Balaban J connectivity index is 1.54. The van der Waals surface area contributed by atoms with Gasteiger partial charge in [0.25, 0.3) is 5.91 Å². The number of aromatic nitrogens is 2. The monoisotopic (exact) mass is 647 g/mol. The Morgan fingerprint density at radius 3 is 2.64 bits per heavy atom. The minimum absolute atomic E-state index is 0.0141. The molecule has 244 valence electrons. The Hall–Kier alpha value is -3.91. The standard InChI is InChI=1S/C31H40F3N7O3S/c1-19(2)41-13-7-8-23(18-41)37-29(42)21-11-12-25(27(15-21)44-5)38-30-36-17-24(31(32,33)34)28(39-30)35-16-22-10-9-20(3)14-26(22)40(4)45(6)43/h9-12,14-15,17,19,23H,7-8,13,16,18H2,1-6H3,(H,37,42)(H2,35,36,38,39)/t23-,45?/m1/s1. The number of nitrogens with one attached hydrogen (secondary N) is 3. The predicted octanol–water partition coefficient (Wildman–Crippen LogP) is 5.50. The highest BCUT2D eigenvalue weighted by Crippen LogP contribution is 2.35. The number of aryl methyl sites for hydroxylation is 1. The fourth-order valence-electron chi connectivity index (χ4n) is 5.14. The van der Waals surface area contributed by atoms with E-state index < -0.39 is 28.5 Å². The first-order valence-electron chi connectivity index (χ1n) is 14.6. The van der Waals surface area contributed by atoms with Crippen LogP contribution in [0.25, 0.3) is 0 Å². The zero-order valence-corrected chi connectivity index (χ0v) is 27.1. The van der Waals surface area contributed by atoms with E-state index in [-0.39, 0.29) is 24.4 Å². The van der Waals surface area contributed by atoms with Gasteiger partial charge in [0, 0.05) is 50.2 Å². The van der Waals surface area contributed by atoms with Gasteiger partial charge in [-0.25, -0.2) is 9.19 Å². The van der Waals surface area contributed by atoms with Gasteiger partial charge in [-0.2, -0.15) is 18.2 Å². The molecule has 1 saturated heterocycles. The second kappa shape index (κ2) is 14.5. The van der Waals surface area contributed by atoms with Gasteiger partial charge in [-0.1, -0.05) is 12.1 Å². The maximum absolute atomic E-state index is 13.9. The summed E-state index contributed by atoms with van der Waals surface area (Å²) in [7, 11) is 1.75. The first-order valence-corrected chi connectivity index (χ1v) is 16.1. The number of alkyl halides is 3. The van der Waals surface area contributed by atoms with Crippen molar-refractivity contribution in [2.45, 2.75) is 58.4 Å². The van der Waals surface area contributed by atoms with Crippen LogP contribution in [0.3, 0.4) is 0 Å². The molecule has 0 saturated carbocycles. The van der Waals surface area contributed by atoms with Crippen LogP contribution in [-0.2, 0) is 23.7 Å². The van der Waals surface area contributed by atoms with Gasteiger partial charge in [0.2, 0.25) is 5.95 Å². The second-order valence-corrected chi connectivity index (χ2v) is 12.7. The molecule has 0 aliphatic carbocycles. The molecule has 1 unspecified atom stereocenters. The second-order valence-electron chi connectivity index (χ2n) is 11.3. The minimum atomic E-state index is -4.71.